The molecule has 2 rings (SSSR count). The van der Waals surface area contributed by atoms with Crippen molar-refractivity contribution < 1.29 is 9.59 Å². The molecule has 1 aliphatic rings. The summed E-state index contributed by atoms with van der Waals surface area (Å²) >= 11 is 1.47. The molecule has 0 saturated carbocycles. The Morgan fingerprint density at radius 1 is 1.50 bits per heavy atom. The minimum atomic E-state index is -0.428. The van der Waals surface area contributed by atoms with Crippen LogP contribution in [0.2, 0.25) is 0 Å². The lowest BCUT2D eigenvalue weighted by atomic mass is 10.3. The minimum absolute atomic E-state index is 0.00208. The van der Waals surface area contributed by atoms with E-state index >= 15 is 0 Å². The van der Waals surface area contributed by atoms with E-state index in [0.29, 0.717) is 31.1 Å². The van der Waals surface area contributed by atoms with Crippen molar-refractivity contribution in [2.75, 3.05) is 25.0 Å². The molecule has 2 N–H and O–H groups in total. The Morgan fingerprint density at radius 3 is 2.88 bits per heavy atom. The van der Waals surface area contributed by atoms with Gasteiger partial charge in [0.1, 0.15) is 11.6 Å². The van der Waals surface area contributed by atoms with E-state index in [4.69, 9.17) is 5.26 Å². The van der Waals surface area contributed by atoms with Crippen molar-refractivity contribution in [3.8, 4) is 6.07 Å². The molecule has 2 heterocycles. The normalized spacial score (nSPS) is 14.6. The number of thiazole rings is 1. The number of carbonyl (C=O) groups is 2. The van der Waals surface area contributed by atoms with Gasteiger partial charge in [-0.05, 0) is 26.7 Å². The maximum atomic E-state index is 12.0. The molecule has 1 fully saturated rings. The van der Waals surface area contributed by atoms with Gasteiger partial charge in [0.25, 0.3) is 5.91 Å². The van der Waals surface area contributed by atoms with Crippen LogP contribution in [0.3, 0.4) is 0 Å². The summed E-state index contributed by atoms with van der Waals surface area (Å²) in [4.78, 5) is 30.6. The molecule has 0 radical (unpaired) electrons. The summed E-state index contributed by atoms with van der Waals surface area (Å²) in [5.74, 6) is -0.250. The average Bonchev–Trinajstić information content (AvgIpc) is 3.10. The van der Waals surface area contributed by atoms with E-state index in [2.05, 4.69) is 15.6 Å². The zero-order valence-corrected chi connectivity index (χ0v) is 14.7. The number of carbonyl (C=O) groups excluding carboxylic acids is 2. The summed E-state index contributed by atoms with van der Waals surface area (Å²) in [6.45, 7) is 5.74. The first-order valence-electron chi connectivity index (χ1n) is 7.88. The Bertz CT molecular complexity index is 670. The van der Waals surface area contributed by atoms with E-state index in [0.717, 1.165) is 23.5 Å². The maximum Gasteiger partial charge on any atom is 0.263 e. The van der Waals surface area contributed by atoms with Gasteiger partial charge >= 0.3 is 0 Å². The van der Waals surface area contributed by atoms with E-state index in [9.17, 15) is 9.59 Å². The van der Waals surface area contributed by atoms with Crippen molar-refractivity contribution in [1.82, 2.24) is 15.2 Å². The van der Waals surface area contributed by atoms with Crippen LogP contribution in [0, 0.1) is 25.2 Å². The first-order chi connectivity index (χ1) is 11.5. The number of nitrogens with zero attached hydrogens (tertiary/aromatic N) is 3. The number of hydrogen-bond donors (Lipinski definition) is 2. The molecule has 0 aliphatic carbocycles. The standard InChI is InChI=1S/C16H21N5O2S/c1-11-12(2)24-16(20-11)19-10-13(9-17)15(23)18-6-4-8-21-7-3-5-14(21)22/h10H,3-8H2,1-2H3,(H,18,23)(H,19,20)/b13-10-. The predicted octanol–water partition coefficient (Wildman–Crippen LogP) is 1.71. The van der Waals surface area contributed by atoms with Gasteiger partial charge in [-0.3, -0.25) is 9.59 Å². The number of nitriles is 1. The predicted molar refractivity (Wildman–Crippen MR) is 92.3 cm³/mol. The molecule has 0 atom stereocenters. The lowest BCUT2D eigenvalue weighted by Crippen LogP contribution is -2.31. The molecule has 0 unspecified atom stereocenters. The quantitative estimate of drug-likeness (QED) is 0.444. The third-order valence-corrected chi connectivity index (χ3v) is 4.80. The summed E-state index contributed by atoms with van der Waals surface area (Å²) < 4.78 is 0. The summed E-state index contributed by atoms with van der Waals surface area (Å²) in [5.41, 5.74) is 0.924. The fourth-order valence-corrected chi connectivity index (χ4v) is 3.11. The van der Waals surface area contributed by atoms with Crippen LogP contribution in [0.4, 0.5) is 5.13 Å². The Labute approximate surface area is 145 Å². The molecule has 1 saturated heterocycles. The number of anilines is 1. The largest absolute Gasteiger partial charge is 0.351 e. The molecule has 1 aliphatic heterocycles. The SMILES string of the molecule is Cc1nc(N/C=C(/C#N)C(=O)NCCCN2CCCC2=O)sc1C. The van der Waals surface area contributed by atoms with Crippen LogP contribution in [0.25, 0.3) is 0 Å². The number of likely N-dealkylation sites (tertiary alicyclic amines) is 1. The van der Waals surface area contributed by atoms with Crippen LogP contribution in [-0.2, 0) is 9.59 Å². The van der Waals surface area contributed by atoms with Gasteiger partial charge in [-0.25, -0.2) is 4.98 Å². The van der Waals surface area contributed by atoms with Crippen molar-refractivity contribution in [2.45, 2.75) is 33.1 Å². The molecule has 0 spiro atoms. The number of rotatable bonds is 7. The van der Waals surface area contributed by atoms with Crippen molar-refractivity contribution in [3.63, 3.8) is 0 Å². The van der Waals surface area contributed by atoms with E-state index in [1.807, 2.05) is 24.8 Å². The Hall–Kier alpha value is -2.40. The van der Waals surface area contributed by atoms with Crippen LogP contribution in [0.1, 0.15) is 29.8 Å². The van der Waals surface area contributed by atoms with Crippen molar-refractivity contribution in [1.29, 1.82) is 5.26 Å². The van der Waals surface area contributed by atoms with Gasteiger partial charge in [0.05, 0.1) is 5.69 Å². The molecule has 128 valence electrons. The second-order valence-corrected chi connectivity index (χ2v) is 6.77. The monoisotopic (exact) mass is 347 g/mol. The number of aryl methyl sites for hydroxylation is 2. The van der Waals surface area contributed by atoms with Gasteiger partial charge in [0.15, 0.2) is 5.13 Å². The third-order valence-electron chi connectivity index (χ3n) is 3.80. The molecular weight excluding hydrogens is 326 g/mol. The number of aromatic nitrogens is 1. The van der Waals surface area contributed by atoms with Gasteiger partial charge in [-0.2, -0.15) is 5.26 Å². The summed E-state index contributed by atoms with van der Waals surface area (Å²) in [6, 6.07) is 1.88. The van der Waals surface area contributed by atoms with Gasteiger partial charge in [-0.1, -0.05) is 0 Å². The van der Waals surface area contributed by atoms with Crippen LogP contribution in [0.15, 0.2) is 11.8 Å². The fourth-order valence-electron chi connectivity index (χ4n) is 2.32. The highest BCUT2D eigenvalue weighted by molar-refractivity contribution is 7.15. The third kappa shape index (κ3) is 4.80. The molecule has 0 bridgehead atoms. The van der Waals surface area contributed by atoms with Crippen LogP contribution in [0.5, 0.6) is 0 Å². The molecule has 24 heavy (non-hydrogen) atoms. The summed E-state index contributed by atoms with van der Waals surface area (Å²) in [7, 11) is 0. The molecule has 2 amide bonds. The van der Waals surface area contributed by atoms with E-state index in [1.54, 1.807) is 0 Å². The number of amides is 2. The van der Waals surface area contributed by atoms with E-state index in [-0.39, 0.29) is 11.5 Å². The van der Waals surface area contributed by atoms with E-state index in [1.165, 1.54) is 17.5 Å². The second-order valence-electron chi connectivity index (χ2n) is 5.57. The van der Waals surface area contributed by atoms with Crippen molar-refractivity contribution >= 4 is 28.3 Å². The lowest BCUT2D eigenvalue weighted by Gasteiger charge is -2.15. The highest BCUT2D eigenvalue weighted by Crippen LogP contribution is 2.21. The van der Waals surface area contributed by atoms with Crippen molar-refractivity contribution in [2.24, 2.45) is 0 Å². The zero-order chi connectivity index (χ0) is 17.5. The minimum Gasteiger partial charge on any atom is -0.351 e. The molecule has 1 aromatic heterocycles. The summed E-state index contributed by atoms with van der Waals surface area (Å²) in [5, 5.41) is 15.3. The molecular formula is C16H21N5O2S. The van der Waals surface area contributed by atoms with Gasteiger partial charge in [0, 0.05) is 37.1 Å². The van der Waals surface area contributed by atoms with Crippen LogP contribution < -0.4 is 10.6 Å². The Kier molecular flexibility index (Phi) is 6.32. The van der Waals surface area contributed by atoms with Crippen molar-refractivity contribution in [3.05, 3.63) is 22.3 Å². The Morgan fingerprint density at radius 2 is 2.29 bits per heavy atom. The second kappa shape index (κ2) is 8.45. The molecule has 0 aromatic carbocycles. The topological polar surface area (TPSA) is 98.1 Å². The van der Waals surface area contributed by atoms with Crippen LogP contribution in [-0.4, -0.2) is 41.3 Å². The highest BCUT2D eigenvalue weighted by Gasteiger charge is 2.19. The van der Waals surface area contributed by atoms with Gasteiger partial charge in [-0.15, -0.1) is 11.3 Å². The first kappa shape index (κ1) is 17.9. The lowest BCUT2D eigenvalue weighted by molar-refractivity contribution is -0.127. The number of hydrogen-bond acceptors (Lipinski definition) is 6. The Balaban J connectivity index is 1.77. The molecule has 1 aromatic rings. The maximum absolute atomic E-state index is 12.0. The van der Waals surface area contributed by atoms with Gasteiger partial charge in [0.2, 0.25) is 5.91 Å². The zero-order valence-electron chi connectivity index (χ0n) is 13.9. The van der Waals surface area contributed by atoms with Crippen LogP contribution >= 0.6 is 11.3 Å². The fraction of sp³-hybridized carbons (Fsp3) is 0.500. The summed E-state index contributed by atoms with van der Waals surface area (Å²) in [6.07, 6.45) is 3.58. The van der Waals surface area contributed by atoms with E-state index < -0.39 is 5.91 Å². The van der Waals surface area contributed by atoms with Gasteiger partial charge < -0.3 is 15.5 Å². The molecule has 8 heteroatoms. The smallest absolute Gasteiger partial charge is 0.263 e. The number of nitrogens with one attached hydrogen (secondary N) is 2. The molecule has 7 nitrogen and oxygen atoms in total. The average molecular weight is 347 g/mol. The highest BCUT2D eigenvalue weighted by atomic mass is 32.1. The first-order valence-corrected chi connectivity index (χ1v) is 8.69.